The summed E-state index contributed by atoms with van der Waals surface area (Å²) in [7, 11) is 1.51. The molecule has 19 heavy (non-hydrogen) atoms. The Kier molecular flexibility index (Phi) is 3.80. The first-order valence-electron chi connectivity index (χ1n) is 5.86. The van der Waals surface area contributed by atoms with E-state index in [1.807, 2.05) is 0 Å². The number of amides is 1. The number of hydrogen-bond donors (Lipinski definition) is 0. The quantitative estimate of drug-likeness (QED) is 0.831. The Morgan fingerprint density at radius 2 is 2.16 bits per heavy atom. The normalized spacial score (nSPS) is 17.6. The monoisotopic (exact) mass is 333 g/mol. The molecule has 0 aliphatic carbocycles. The van der Waals surface area contributed by atoms with E-state index in [-0.39, 0.29) is 18.9 Å². The van der Waals surface area contributed by atoms with Crippen LogP contribution in [0.3, 0.4) is 0 Å². The molecule has 1 aliphatic heterocycles. The van der Waals surface area contributed by atoms with Gasteiger partial charge in [0.25, 0.3) is 11.8 Å². The predicted octanol–water partition coefficient (Wildman–Crippen LogP) is 3.25. The first kappa shape index (κ1) is 14.2. The highest BCUT2D eigenvalue weighted by Gasteiger charge is 2.41. The molecule has 0 unspecified atom stereocenters. The molecule has 0 N–H and O–H groups in total. The lowest BCUT2D eigenvalue weighted by Crippen LogP contribution is -2.32. The summed E-state index contributed by atoms with van der Waals surface area (Å²) >= 11 is 3.30. The molecular formula is C13H14BrF2NO2. The van der Waals surface area contributed by atoms with Crippen LogP contribution < -0.4 is 4.74 Å². The molecule has 1 amide bonds. The lowest BCUT2D eigenvalue weighted by molar-refractivity contribution is 0.0120. The van der Waals surface area contributed by atoms with Gasteiger partial charge < -0.3 is 9.64 Å². The molecule has 6 heteroatoms. The van der Waals surface area contributed by atoms with Crippen molar-refractivity contribution in [3.63, 3.8) is 0 Å². The number of nitrogens with zero attached hydrogens (tertiary/aromatic N) is 1. The summed E-state index contributed by atoms with van der Waals surface area (Å²) < 4.78 is 32.1. The lowest BCUT2D eigenvalue weighted by atomic mass is 10.1. The van der Waals surface area contributed by atoms with Gasteiger partial charge in [0.15, 0.2) is 0 Å². The Morgan fingerprint density at radius 3 is 2.68 bits per heavy atom. The zero-order valence-corrected chi connectivity index (χ0v) is 12.3. The van der Waals surface area contributed by atoms with E-state index in [2.05, 4.69) is 15.9 Å². The first-order chi connectivity index (χ1) is 8.85. The van der Waals surface area contributed by atoms with Crippen molar-refractivity contribution >= 4 is 21.8 Å². The number of rotatable bonds is 2. The Morgan fingerprint density at radius 1 is 1.47 bits per heavy atom. The Bertz CT molecular complexity index is 520. The molecule has 1 aromatic carbocycles. The van der Waals surface area contributed by atoms with Crippen molar-refractivity contribution in [3.05, 3.63) is 27.7 Å². The molecule has 2 rings (SSSR count). The molecule has 1 aliphatic rings. The van der Waals surface area contributed by atoms with E-state index in [9.17, 15) is 13.6 Å². The maximum absolute atomic E-state index is 13.2. The molecule has 0 aromatic heterocycles. The van der Waals surface area contributed by atoms with Gasteiger partial charge in [0.2, 0.25) is 0 Å². The van der Waals surface area contributed by atoms with Crippen LogP contribution in [0.5, 0.6) is 5.75 Å². The second-order valence-corrected chi connectivity index (χ2v) is 5.44. The van der Waals surface area contributed by atoms with Gasteiger partial charge in [-0.3, -0.25) is 4.79 Å². The van der Waals surface area contributed by atoms with E-state index in [1.165, 1.54) is 12.0 Å². The molecule has 104 valence electrons. The van der Waals surface area contributed by atoms with E-state index in [1.54, 1.807) is 19.1 Å². The molecule has 0 radical (unpaired) electrons. The second kappa shape index (κ2) is 5.07. The van der Waals surface area contributed by atoms with E-state index < -0.39 is 12.5 Å². The number of methoxy groups -OCH3 is 1. The number of hydrogen-bond acceptors (Lipinski definition) is 2. The zero-order valence-electron chi connectivity index (χ0n) is 10.7. The molecule has 0 spiro atoms. The molecule has 0 bridgehead atoms. The van der Waals surface area contributed by atoms with Crippen LogP contribution in [0.2, 0.25) is 0 Å². The van der Waals surface area contributed by atoms with Gasteiger partial charge in [-0.2, -0.15) is 0 Å². The highest BCUT2D eigenvalue weighted by Crippen LogP contribution is 2.33. The van der Waals surface area contributed by atoms with Gasteiger partial charge >= 0.3 is 0 Å². The fourth-order valence-corrected chi connectivity index (χ4v) is 2.81. The topological polar surface area (TPSA) is 29.5 Å². The van der Waals surface area contributed by atoms with Crippen molar-refractivity contribution in [2.45, 2.75) is 19.3 Å². The van der Waals surface area contributed by atoms with Crippen LogP contribution in [0, 0.1) is 6.92 Å². The van der Waals surface area contributed by atoms with E-state index in [0.29, 0.717) is 21.3 Å². The maximum Gasteiger partial charge on any atom is 0.267 e. The molecule has 0 saturated carbocycles. The third-order valence-corrected chi connectivity index (χ3v) is 3.92. The van der Waals surface area contributed by atoms with Crippen molar-refractivity contribution in [1.29, 1.82) is 0 Å². The summed E-state index contributed by atoms with van der Waals surface area (Å²) in [5.74, 6) is -2.60. The van der Waals surface area contributed by atoms with Crippen LogP contribution in [-0.4, -0.2) is 36.9 Å². The van der Waals surface area contributed by atoms with Crippen LogP contribution in [-0.2, 0) is 0 Å². The van der Waals surface area contributed by atoms with Crippen LogP contribution in [0.4, 0.5) is 8.78 Å². The van der Waals surface area contributed by atoms with Crippen LogP contribution in [0.25, 0.3) is 0 Å². The fraction of sp³-hybridized carbons (Fsp3) is 0.462. The van der Waals surface area contributed by atoms with E-state index in [0.717, 1.165) is 0 Å². The largest absolute Gasteiger partial charge is 0.496 e. The van der Waals surface area contributed by atoms with Gasteiger partial charge in [0, 0.05) is 23.0 Å². The molecule has 1 heterocycles. The number of carbonyl (C=O) groups excluding carboxylic acids is 1. The first-order valence-corrected chi connectivity index (χ1v) is 6.65. The minimum Gasteiger partial charge on any atom is -0.496 e. The van der Waals surface area contributed by atoms with E-state index >= 15 is 0 Å². The van der Waals surface area contributed by atoms with Gasteiger partial charge in [0.1, 0.15) is 5.75 Å². The van der Waals surface area contributed by atoms with Gasteiger partial charge in [0.05, 0.1) is 19.2 Å². The minimum atomic E-state index is -2.78. The maximum atomic E-state index is 13.2. The minimum absolute atomic E-state index is 0.0783. The number of carbonyl (C=O) groups is 1. The summed E-state index contributed by atoms with van der Waals surface area (Å²) in [6.45, 7) is 1.30. The van der Waals surface area contributed by atoms with Gasteiger partial charge in [-0.05, 0) is 35.0 Å². The van der Waals surface area contributed by atoms with Crippen LogP contribution in [0.15, 0.2) is 16.6 Å². The lowest BCUT2D eigenvalue weighted by Gasteiger charge is -2.19. The van der Waals surface area contributed by atoms with E-state index in [4.69, 9.17) is 4.74 Å². The van der Waals surface area contributed by atoms with Gasteiger partial charge in [-0.25, -0.2) is 8.78 Å². The Balaban J connectivity index is 2.34. The smallest absolute Gasteiger partial charge is 0.267 e. The zero-order chi connectivity index (χ0) is 14.2. The third-order valence-electron chi connectivity index (χ3n) is 3.26. The average Bonchev–Trinajstić information content (AvgIpc) is 2.70. The summed E-state index contributed by atoms with van der Waals surface area (Å²) in [4.78, 5) is 13.5. The molecule has 3 nitrogen and oxygen atoms in total. The van der Waals surface area contributed by atoms with Gasteiger partial charge in [-0.1, -0.05) is 0 Å². The number of benzene rings is 1. The standard InChI is InChI=1S/C13H14BrF2NO2/c1-8-10(19-2)4-3-9(14)11(8)12(18)17-6-5-13(15,16)7-17/h3-4H,5-7H2,1-2H3. The van der Waals surface area contributed by atoms with Crippen molar-refractivity contribution < 1.29 is 18.3 Å². The van der Waals surface area contributed by atoms with Crippen LogP contribution >= 0.6 is 15.9 Å². The predicted molar refractivity (Wildman–Crippen MR) is 70.9 cm³/mol. The molecular weight excluding hydrogens is 320 g/mol. The van der Waals surface area contributed by atoms with Crippen molar-refractivity contribution in [2.24, 2.45) is 0 Å². The van der Waals surface area contributed by atoms with Crippen LogP contribution in [0.1, 0.15) is 22.3 Å². The summed E-state index contributed by atoms with van der Waals surface area (Å²) in [5.41, 5.74) is 1.04. The highest BCUT2D eigenvalue weighted by molar-refractivity contribution is 9.10. The number of alkyl halides is 2. The van der Waals surface area contributed by atoms with Crippen molar-refractivity contribution in [2.75, 3.05) is 20.2 Å². The second-order valence-electron chi connectivity index (χ2n) is 4.58. The molecule has 1 fully saturated rings. The highest BCUT2D eigenvalue weighted by atomic mass is 79.9. The number of ether oxygens (including phenoxy) is 1. The summed E-state index contributed by atoms with van der Waals surface area (Å²) in [5, 5.41) is 0. The molecule has 1 aromatic rings. The SMILES string of the molecule is COc1ccc(Br)c(C(=O)N2CCC(F)(F)C2)c1C. The summed E-state index contributed by atoms with van der Waals surface area (Å²) in [6, 6.07) is 3.42. The summed E-state index contributed by atoms with van der Waals surface area (Å²) in [6.07, 6.45) is -0.278. The molecule has 1 saturated heterocycles. The average molecular weight is 334 g/mol. The van der Waals surface area contributed by atoms with Crippen molar-refractivity contribution in [3.8, 4) is 5.75 Å². The Hall–Kier alpha value is -1.17. The van der Waals surface area contributed by atoms with Gasteiger partial charge in [-0.15, -0.1) is 0 Å². The number of likely N-dealkylation sites (tertiary alicyclic amines) is 1. The fourth-order valence-electron chi connectivity index (χ4n) is 2.21. The molecule has 0 atom stereocenters. The van der Waals surface area contributed by atoms with Crippen molar-refractivity contribution in [1.82, 2.24) is 4.90 Å². The third kappa shape index (κ3) is 2.73. The Labute approximate surface area is 118 Å². The number of halogens is 3.